The highest BCUT2D eigenvalue weighted by Crippen LogP contribution is 2.31. The van der Waals surface area contributed by atoms with Crippen molar-refractivity contribution in [3.8, 4) is 5.75 Å². The molecular weight excluding hydrogens is 424 g/mol. The topological polar surface area (TPSA) is 80.5 Å². The number of nitrogens with one attached hydrogen (secondary N) is 1. The van der Waals surface area contributed by atoms with Crippen molar-refractivity contribution in [1.82, 2.24) is 20.4 Å². The predicted molar refractivity (Wildman–Crippen MR) is 124 cm³/mol. The van der Waals surface area contributed by atoms with E-state index < -0.39 is 0 Å². The van der Waals surface area contributed by atoms with E-state index in [1.165, 1.54) is 24.6 Å². The molecule has 8 heteroatoms. The number of carbonyl (C=O) groups excluding carboxylic acids is 1. The molecule has 1 amide bonds. The van der Waals surface area contributed by atoms with Crippen LogP contribution in [0.25, 0.3) is 0 Å². The number of hydrogen-bond acceptors (Lipinski definition) is 7. The van der Waals surface area contributed by atoms with Crippen LogP contribution in [0, 0.1) is 6.92 Å². The van der Waals surface area contributed by atoms with E-state index in [2.05, 4.69) is 26.4 Å². The number of likely N-dealkylation sites (tertiary alicyclic amines) is 1. The highest BCUT2D eigenvalue weighted by molar-refractivity contribution is 7.98. The number of ether oxygens (including phenoxy) is 1. The lowest BCUT2D eigenvalue weighted by Gasteiger charge is -2.29. The molecule has 1 aromatic carbocycles. The number of carbonyl (C=O) groups is 1. The minimum absolute atomic E-state index is 0.0588. The molecular formula is C24H28N4O3S. The molecule has 4 rings (SSSR count). The first-order valence-corrected chi connectivity index (χ1v) is 11.8. The fourth-order valence-corrected chi connectivity index (χ4v) is 4.89. The van der Waals surface area contributed by atoms with Gasteiger partial charge in [-0.3, -0.25) is 9.69 Å². The molecule has 7 nitrogen and oxygen atoms in total. The summed E-state index contributed by atoms with van der Waals surface area (Å²) in [5.74, 6) is 2.07. The lowest BCUT2D eigenvalue weighted by molar-refractivity contribution is 0.0933. The number of pyridine rings is 1. The van der Waals surface area contributed by atoms with Gasteiger partial charge >= 0.3 is 0 Å². The fourth-order valence-electron chi connectivity index (χ4n) is 4.02. The summed E-state index contributed by atoms with van der Waals surface area (Å²) in [4.78, 5) is 20.0. The maximum absolute atomic E-state index is 13.1. The van der Waals surface area contributed by atoms with Gasteiger partial charge in [0, 0.05) is 30.1 Å². The molecule has 0 spiro atoms. The van der Waals surface area contributed by atoms with Gasteiger partial charge in [0.05, 0.1) is 24.4 Å². The van der Waals surface area contributed by atoms with Gasteiger partial charge in [0.25, 0.3) is 5.91 Å². The molecule has 1 N–H and O–H groups in total. The van der Waals surface area contributed by atoms with Gasteiger partial charge in [0.2, 0.25) is 0 Å². The average molecular weight is 453 g/mol. The normalized spacial score (nSPS) is 14.9. The van der Waals surface area contributed by atoms with Crippen molar-refractivity contribution < 1.29 is 14.1 Å². The largest absolute Gasteiger partial charge is 0.496 e. The number of aromatic nitrogens is 2. The summed E-state index contributed by atoms with van der Waals surface area (Å²) >= 11 is 1.48. The Hall–Kier alpha value is -2.84. The molecule has 1 fully saturated rings. The number of rotatable bonds is 9. The smallest absolute Gasteiger partial charge is 0.254 e. The summed E-state index contributed by atoms with van der Waals surface area (Å²) < 4.78 is 10.7. The molecule has 32 heavy (non-hydrogen) atoms. The van der Waals surface area contributed by atoms with E-state index in [4.69, 9.17) is 9.26 Å². The third-order valence-corrected chi connectivity index (χ3v) is 6.62. The maximum Gasteiger partial charge on any atom is 0.254 e. The third kappa shape index (κ3) is 5.31. The molecule has 1 aliphatic rings. The Kier molecular flexibility index (Phi) is 7.44. The van der Waals surface area contributed by atoms with Gasteiger partial charge in [0.1, 0.15) is 16.5 Å². The molecule has 1 aliphatic heterocycles. The lowest BCUT2D eigenvalue weighted by atomic mass is 10.0. The van der Waals surface area contributed by atoms with Crippen molar-refractivity contribution in [2.75, 3.05) is 26.7 Å². The molecule has 1 unspecified atom stereocenters. The second-order valence-electron chi connectivity index (χ2n) is 7.78. The van der Waals surface area contributed by atoms with Crippen LogP contribution in [-0.4, -0.2) is 47.7 Å². The highest BCUT2D eigenvalue weighted by atomic mass is 32.2. The van der Waals surface area contributed by atoms with E-state index in [1.807, 2.05) is 37.3 Å². The van der Waals surface area contributed by atoms with Crippen LogP contribution in [0.1, 0.15) is 46.3 Å². The van der Waals surface area contributed by atoms with Gasteiger partial charge in [-0.1, -0.05) is 35.1 Å². The van der Waals surface area contributed by atoms with Gasteiger partial charge in [-0.15, -0.1) is 0 Å². The van der Waals surface area contributed by atoms with Gasteiger partial charge < -0.3 is 14.6 Å². The van der Waals surface area contributed by atoms with Gasteiger partial charge in [-0.25, -0.2) is 4.98 Å². The van der Waals surface area contributed by atoms with Crippen LogP contribution in [0.2, 0.25) is 0 Å². The number of thioether (sulfide) groups is 1. The van der Waals surface area contributed by atoms with Crippen molar-refractivity contribution in [2.45, 2.75) is 36.6 Å². The molecule has 0 radical (unpaired) electrons. The zero-order valence-corrected chi connectivity index (χ0v) is 19.2. The molecule has 3 aromatic rings. The molecule has 0 saturated carbocycles. The Bertz CT molecular complexity index is 1050. The number of para-hydroxylation sites is 1. The maximum atomic E-state index is 13.1. The van der Waals surface area contributed by atoms with Crippen molar-refractivity contribution >= 4 is 17.7 Å². The van der Waals surface area contributed by atoms with Crippen molar-refractivity contribution in [2.24, 2.45) is 0 Å². The number of amides is 1. The van der Waals surface area contributed by atoms with E-state index in [1.54, 1.807) is 19.4 Å². The summed E-state index contributed by atoms with van der Waals surface area (Å²) in [5, 5.41) is 7.84. The van der Waals surface area contributed by atoms with E-state index in [0.29, 0.717) is 22.9 Å². The molecule has 168 valence electrons. The summed E-state index contributed by atoms with van der Waals surface area (Å²) in [6.07, 6.45) is 4.05. The van der Waals surface area contributed by atoms with Crippen molar-refractivity contribution in [3.63, 3.8) is 0 Å². The summed E-state index contributed by atoms with van der Waals surface area (Å²) in [7, 11) is 1.69. The van der Waals surface area contributed by atoms with E-state index in [0.717, 1.165) is 35.9 Å². The first-order valence-electron chi connectivity index (χ1n) is 10.8. The van der Waals surface area contributed by atoms with Gasteiger partial charge in [-0.05, 0) is 51.1 Å². The van der Waals surface area contributed by atoms with Crippen LogP contribution in [0.5, 0.6) is 5.75 Å². The Morgan fingerprint density at radius 2 is 2.06 bits per heavy atom. The fraction of sp³-hybridized carbons (Fsp3) is 0.375. The van der Waals surface area contributed by atoms with E-state index in [9.17, 15) is 4.79 Å². The molecule has 0 aliphatic carbocycles. The first-order chi connectivity index (χ1) is 15.7. The van der Waals surface area contributed by atoms with Crippen LogP contribution >= 0.6 is 11.8 Å². The Balaban J connectivity index is 1.47. The van der Waals surface area contributed by atoms with Crippen molar-refractivity contribution in [1.29, 1.82) is 0 Å². The first kappa shape index (κ1) is 22.4. The SMILES string of the molecule is COc1ccccc1C(CNC(=O)c1cccnc1SCc1cc(C)on1)N1CCCC1. The molecule has 0 bridgehead atoms. The predicted octanol–water partition coefficient (Wildman–Crippen LogP) is 4.25. The summed E-state index contributed by atoms with van der Waals surface area (Å²) in [5.41, 5.74) is 2.49. The summed E-state index contributed by atoms with van der Waals surface area (Å²) in [6, 6.07) is 13.6. The quantitative estimate of drug-likeness (QED) is 0.486. The van der Waals surface area contributed by atoms with Crippen LogP contribution in [0.4, 0.5) is 0 Å². The molecule has 1 saturated heterocycles. The third-order valence-electron chi connectivity index (χ3n) is 5.58. The minimum atomic E-state index is -0.129. The Labute approximate surface area is 192 Å². The standard InChI is InChI=1S/C24H28N4O3S/c1-17-14-18(27-31-17)16-32-24-20(9-7-11-25-24)23(29)26-15-21(28-12-5-6-13-28)19-8-3-4-10-22(19)30-2/h3-4,7-11,14,21H,5-6,12-13,15-16H2,1-2H3,(H,26,29). The van der Waals surface area contributed by atoms with Crippen LogP contribution in [0.3, 0.4) is 0 Å². The highest BCUT2D eigenvalue weighted by Gasteiger charge is 2.26. The zero-order valence-electron chi connectivity index (χ0n) is 18.4. The second kappa shape index (κ2) is 10.7. The Morgan fingerprint density at radius 3 is 2.81 bits per heavy atom. The number of nitrogens with zero attached hydrogens (tertiary/aromatic N) is 3. The number of hydrogen-bond donors (Lipinski definition) is 1. The monoisotopic (exact) mass is 452 g/mol. The van der Waals surface area contributed by atoms with Gasteiger partial charge in [-0.2, -0.15) is 0 Å². The molecule has 3 heterocycles. The summed E-state index contributed by atoms with van der Waals surface area (Å²) in [6.45, 7) is 4.40. The number of methoxy groups -OCH3 is 1. The average Bonchev–Trinajstić information content (AvgIpc) is 3.50. The Morgan fingerprint density at radius 1 is 1.25 bits per heavy atom. The number of aryl methyl sites for hydroxylation is 1. The lowest BCUT2D eigenvalue weighted by Crippen LogP contribution is -2.37. The van der Waals surface area contributed by atoms with Gasteiger partial charge in [0.15, 0.2) is 0 Å². The van der Waals surface area contributed by atoms with Crippen LogP contribution in [-0.2, 0) is 5.75 Å². The van der Waals surface area contributed by atoms with E-state index >= 15 is 0 Å². The van der Waals surface area contributed by atoms with Crippen LogP contribution < -0.4 is 10.1 Å². The van der Waals surface area contributed by atoms with Crippen LogP contribution in [0.15, 0.2) is 58.2 Å². The second-order valence-corrected chi connectivity index (χ2v) is 8.75. The molecule has 1 atom stereocenters. The zero-order chi connectivity index (χ0) is 22.3. The number of benzene rings is 1. The van der Waals surface area contributed by atoms with E-state index in [-0.39, 0.29) is 11.9 Å². The minimum Gasteiger partial charge on any atom is -0.496 e. The molecule has 2 aromatic heterocycles. The van der Waals surface area contributed by atoms with Crippen molar-refractivity contribution in [3.05, 3.63) is 71.2 Å².